The molecular weight excluding hydrogens is 268 g/mol. The van der Waals surface area contributed by atoms with Gasteiger partial charge >= 0.3 is 5.97 Å². The summed E-state index contributed by atoms with van der Waals surface area (Å²) >= 11 is 0. The number of aromatic nitrogens is 3. The molecule has 1 unspecified atom stereocenters. The molecule has 3 rings (SSSR count). The minimum absolute atomic E-state index is 0.244. The van der Waals surface area contributed by atoms with Crippen LogP contribution in [0.2, 0.25) is 0 Å². The maximum absolute atomic E-state index is 11.0. The molecule has 1 aliphatic rings. The van der Waals surface area contributed by atoms with Gasteiger partial charge in [0.15, 0.2) is 11.5 Å². The van der Waals surface area contributed by atoms with Gasteiger partial charge in [-0.25, -0.2) is 14.3 Å². The van der Waals surface area contributed by atoms with E-state index in [-0.39, 0.29) is 5.56 Å². The number of pyridine rings is 1. The molecule has 0 amide bonds. The summed E-state index contributed by atoms with van der Waals surface area (Å²) < 4.78 is 1.65. The van der Waals surface area contributed by atoms with Gasteiger partial charge in [-0.15, -0.1) is 0 Å². The van der Waals surface area contributed by atoms with E-state index < -0.39 is 5.97 Å². The maximum atomic E-state index is 11.0. The van der Waals surface area contributed by atoms with Crippen LogP contribution in [0.5, 0.6) is 0 Å². The molecular formula is C15H20N4O2. The number of carboxylic acids is 1. The Morgan fingerprint density at radius 1 is 1.52 bits per heavy atom. The monoisotopic (exact) mass is 288 g/mol. The summed E-state index contributed by atoms with van der Waals surface area (Å²) in [6, 6.07) is 3.69. The van der Waals surface area contributed by atoms with Crippen LogP contribution in [-0.4, -0.2) is 49.7 Å². The molecule has 6 heteroatoms. The van der Waals surface area contributed by atoms with Gasteiger partial charge in [-0.3, -0.25) is 0 Å². The molecule has 1 atom stereocenters. The highest BCUT2D eigenvalue weighted by molar-refractivity contribution is 5.88. The van der Waals surface area contributed by atoms with E-state index in [4.69, 9.17) is 5.11 Å². The Morgan fingerprint density at radius 3 is 3.00 bits per heavy atom. The van der Waals surface area contributed by atoms with E-state index in [1.54, 1.807) is 22.8 Å². The second-order valence-electron chi connectivity index (χ2n) is 6.00. The van der Waals surface area contributed by atoms with Crippen LogP contribution in [-0.2, 0) is 6.42 Å². The van der Waals surface area contributed by atoms with Crippen LogP contribution in [0.4, 0.5) is 0 Å². The Kier molecular flexibility index (Phi) is 3.63. The fraction of sp³-hybridized carbons (Fsp3) is 0.533. The molecule has 1 aliphatic heterocycles. The van der Waals surface area contributed by atoms with Gasteiger partial charge in [0.05, 0.1) is 5.56 Å². The van der Waals surface area contributed by atoms with Crippen molar-refractivity contribution in [3.05, 3.63) is 29.7 Å². The summed E-state index contributed by atoms with van der Waals surface area (Å²) in [4.78, 5) is 17.9. The lowest BCUT2D eigenvalue weighted by atomic mass is 10.1. The molecule has 0 aliphatic carbocycles. The van der Waals surface area contributed by atoms with Gasteiger partial charge in [-0.05, 0) is 44.9 Å². The van der Waals surface area contributed by atoms with Gasteiger partial charge < -0.3 is 10.0 Å². The van der Waals surface area contributed by atoms with Crippen LogP contribution < -0.4 is 0 Å². The first-order valence-electron chi connectivity index (χ1n) is 7.35. The zero-order valence-corrected chi connectivity index (χ0v) is 12.4. The molecule has 0 spiro atoms. The second kappa shape index (κ2) is 5.44. The number of carboxylic acid groups (broad SMARTS) is 1. The molecule has 21 heavy (non-hydrogen) atoms. The lowest BCUT2D eigenvalue weighted by molar-refractivity contribution is 0.0697. The molecule has 2 aromatic heterocycles. The summed E-state index contributed by atoms with van der Waals surface area (Å²) in [7, 11) is 0. The van der Waals surface area contributed by atoms with Crippen molar-refractivity contribution in [2.75, 3.05) is 13.1 Å². The van der Waals surface area contributed by atoms with E-state index in [9.17, 15) is 4.79 Å². The number of carbonyl (C=O) groups is 1. The molecule has 112 valence electrons. The fourth-order valence-corrected chi connectivity index (χ4v) is 2.90. The number of hydrogen-bond donors (Lipinski definition) is 1. The normalized spacial score (nSPS) is 19.7. The van der Waals surface area contributed by atoms with E-state index in [0.717, 1.165) is 25.3 Å². The highest BCUT2D eigenvalue weighted by Gasteiger charge is 2.25. The largest absolute Gasteiger partial charge is 0.478 e. The average molecular weight is 288 g/mol. The SMILES string of the molecule is CC(C)N1CCC(Cc2nc3cc(C(=O)O)ccn3n2)C1. The molecule has 2 aromatic rings. The van der Waals surface area contributed by atoms with Gasteiger partial charge in [-0.2, -0.15) is 5.10 Å². The predicted octanol–water partition coefficient (Wildman–Crippen LogP) is 1.70. The Labute approximate surface area is 123 Å². The van der Waals surface area contributed by atoms with E-state index in [1.165, 1.54) is 6.42 Å². The molecule has 0 bridgehead atoms. The lowest BCUT2D eigenvalue weighted by Crippen LogP contribution is -2.28. The van der Waals surface area contributed by atoms with Crippen molar-refractivity contribution in [2.24, 2.45) is 5.92 Å². The topological polar surface area (TPSA) is 70.7 Å². The average Bonchev–Trinajstić information content (AvgIpc) is 3.03. The van der Waals surface area contributed by atoms with Crippen molar-refractivity contribution in [1.82, 2.24) is 19.5 Å². The van der Waals surface area contributed by atoms with Crippen LogP contribution >= 0.6 is 0 Å². The van der Waals surface area contributed by atoms with Crippen LogP contribution in [0.25, 0.3) is 5.65 Å². The summed E-state index contributed by atoms with van der Waals surface area (Å²) in [6.45, 7) is 6.67. The first-order valence-corrected chi connectivity index (χ1v) is 7.35. The zero-order chi connectivity index (χ0) is 15.0. The van der Waals surface area contributed by atoms with E-state index in [1.807, 2.05) is 0 Å². The Bertz CT molecular complexity index is 665. The Balaban J connectivity index is 1.75. The van der Waals surface area contributed by atoms with Gasteiger partial charge in [0.2, 0.25) is 0 Å². The molecule has 3 heterocycles. The number of rotatable bonds is 4. The van der Waals surface area contributed by atoms with Gasteiger partial charge in [0.1, 0.15) is 0 Å². The van der Waals surface area contributed by atoms with E-state index >= 15 is 0 Å². The third-order valence-corrected chi connectivity index (χ3v) is 4.15. The smallest absolute Gasteiger partial charge is 0.335 e. The predicted molar refractivity (Wildman–Crippen MR) is 78.5 cm³/mol. The quantitative estimate of drug-likeness (QED) is 0.927. The third-order valence-electron chi connectivity index (χ3n) is 4.15. The molecule has 0 saturated carbocycles. The Morgan fingerprint density at radius 2 is 2.33 bits per heavy atom. The van der Waals surface area contributed by atoms with E-state index in [0.29, 0.717) is 17.6 Å². The minimum Gasteiger partial charge on any atom is -0.478 e. The minimum atomic E-state index is -0.939. The second-order valence-corrected chi connectivity index (χ2v) is 6.00. The number of aromatic carboxylic acids is 1. The van der Waals surface area contributed by atoms with Crippen molar-refractivity contribution < 1.29 is 9.90 Å². The molecule has 6 nitrogen and oxygen atoms in total. The molecule has 1 saturated heterocycles. The van der Waals surface area contributed by atoms with Gasteiger partial charge in [0.25, 0.3) is 0 Å². The van der Waals surface area contributed by atoms with Crippen LogP contribution in [0.1, 0.15) is 36.5 Å². The summed E-state index contributed by atoms with van der Waals surface area (Å²) in [5.41, 5.74) is 0.844. The van der Waals surface area contributed by atoms with Crippen LogP contribution in [0.15, 0.2) is 18.3 Å². The zero-order valence-electron chi connectivity index (χ0n) is 12.4. The summed E-state index contributed by atoms with van der Waals surface area (Å²) in [5.74, 6) is 0.447. The van der Waals surface area contributed by atoms with Crippen LogP contribution in [0, 0.1) is 5.92 Å². The van der Waals surface area contributed by atoms with Gasteiger partial charge in [0, 0.05) is 25.2 Å². The fourth-order valence-electron chi connectivity index (χ4n) is 2.90. The standard InChI is InChI=1S/C15H20N4O2/c1-10(2)18-5-3-11(9-18)7-13-16-14-8-12(15(20)21)4-6-19(14)17-13/h4,6,8,10-11H,3,5,7,9H2,1-2H3,(H,20,21). The third kappa shape index (κ3) is 2.90. The summed E-state index contributed by atoms with van der Waals surface area (Å²) in [6.07, 6.45) is 3.69. The molecule has 0 radical (unpaired) electrons. The number of hydrogen-bond acceptors (Lipinski definition) is 4. The maximum Gasteiger partial charge on any atom is 0.335 e. The van der Waals surface area contributed by atoms with Crippen molar-refractivity contribution in [3.8, 4) is 0 Å². The van der Waals surface area contributed by atoms with Gasteiger partial charge in [-0.1, -0.05) is 0 Å². The van der Waals surface area contributed by atoms with Crippen molar-refractivity contribution in [3.63, 3.8) is 0 Å². The number of fused-ring (bicyclic) bond motifs is 1. The number of likely N-dealkylation sites (tertiary alicyclic amines) is 1. The summed E-state index contributed by atoms with van der Waals surface area (Å²) in [5, 5.41) is 13.4. The van der Waals surface area contributed by atoms with Crippen LogP contribution in [0.3, 0.4) is 0 Å². The molecule has 1 fully saturated rings. The highest BCUT2D eigenvalue weighted by atomic mass is 16.4. The molecule has 0 aromatic carbocycles. The Hall–Kier alpha value is -1.95. The van der Waals surface area contributed by atoms with Crippen molar-refractivity contribution in [1.29, 1.82) is 0 Å². The first-order chi connectivity index (χ1) is 10.0. The molecule has 1 N–H and O–H groups in total. The lowest BCUT2D eigenvalue weighted by Gasteiger charge is -2.19. The van der Waals surface area contributed by atoms with Crippen molar-refractivity contribution >= 4 is 11.6 Å². The van der Waals surface area contributed by atoms with E-state index in [2.05, 4.69) is 28.8 Å². The highest BCUT2D eigenvalue weighted by Crippen LogP contribution is 2.21. The number of nitrogens with zero attached hydrogens (tertiary/aromatic N) is 4. The first kappa shape index (κ1) is 14.0. The van der Waals surface area contributed by atoms with Crippen molar-refractivity contribution in [2.45, 2.75) is 32.7 Å².